The van der Waals surface area contributed by atoms with Crippen LogP contribution in [0.25, 0.3) is 0 Å². The topological polar surface area (TPSA) is 41.6 Å². The lowest BCUT2D eigenvalue weighted by Gasteiger charge is -2.18. The van der Waals surface area contributed by atoms with E-state index < -0.39 is 0 Å². The average molecular weight is 416 g/mol. The van der Waals surface area contributed by atoms with Gasteiger partial charge in [0.1, 0.15) is 12.4 Å². The number of amides is 1. The lowest BCUT2D eigenvalue weighted by Crippen LogP contribution is -2.27. The summed E-state index contributed by atoms with van der Waals surface area (Å²) in [6, 6.07) is 9.84. The van der Waals surface area contributed by atoms with E-state index in [2.05, 4.69) is 24.1 Å². The molecule has 0 spiro atoms. The number of rotatable bonds is 8. The molecule has 1 N–H and O–H groups in total. The number of anilines is 1. The van der Waals surface area contributed by atoms with E-state index in [0.29, 0.717) is 33.7 Å². The van der Waals surface area contributed by atoms with Crippen molar-refractivity contribution in [2.75, 3.05) is 31.6 Å². The first-order valence-corrected chi connectivity index (χ1v) is 9.49. The molecular formula is C19H21Cl3N2O2. The highest BCUT2D eigenvalue weighted by Gasteiger charge is 2.12. The third-order valence-corrected chi connectivity index (χ3v) is 4.77. The minimum absolute atomic E-state index is 0.289. The second kappa shape index (κ2) is 10.0. The van der Waals surface area contributed by atoms with Gasteiger partial charge in [-0.15, -0.1) is 0 Å². The van der Waals surface area contributed by atoms with Crippen LogP contribution in [0.1, 0.15) is 24.2 Å². The van der Waals surface area contributed by atoms with E-state index in [-0.39, 0.29) is 10.9 Å². The van der Waals surface area contributed by atoms with Gasteiger partial charge in [-0.2, -0.15) is 0 Å². The molecule has 0 saturated heterocycles. The van der Waals surface area contributed by atoms with Crippen LogP contribution in [-0.2, 0) is 0 Å². The maximum absolute atomic E-state index is 12.3. The first-order valence-electron chi connectivity index (χ1n) is 8.35. The Labute approximate surface area is 169 Å². The van der Waals surface area contributed by atoms with E-state index >= 15 is 0 Å². The Bertz CT molecular complexity index is 764. The highest BCUT2D eigenvalue weighted by atomic mass is 35.5. The molecule has 2 rings (SSSR count). The molecule has 0 saturated carbocycles. The van der Waals surface area contributed by atoms with Crippen molar-refractivity contribution < 1.29 is 9.53 Å². The van der Waals surface area contributed by atoms with Gasteiger partial charge in [-0.3, -0.25) is 4.79 Å². The van der Waals surface area contributed by atoms with Gasteiger partial charge in [0, 0.05) is 17.3 Å². The van der Waals surface area contributed by atoms with Gasteiger partial charge in [0.2, 0.25) is 0 Å². The summed E-state index contributed by atoms with van der Waals surface area (Å²) in [4.78, 5) is 14.6. The Morgan fingerprint density at radius 2 is 1.77 bits per heavy atom. The predicted molar refractivity (Wildman–Crippen MR) is 109 cm³/mol. The highest BCUT2D eigenvalue weighted by Crippen LogP contribution is 2.28. The number of halogens is 3. The summed E-state index contributed by atoms with van der Waals surface area (Å²) in [5, 5.41) is 3.96. The predicted octanol–water partition coefficient (Wildman–Crippen LogP) is 5.62. The molecule has 0 aromatic heterocycles. The summed E-state index contributed by atoms with van der Waals surface area (Å²) >= 11 is 18.2. The zero-order chi connectivity index (χ0) is 19.1. The molecule has 0 radical (unpaired) electrons. The van der Waals surface area contributed by atoms with E-state index in [9.17, 15) is 4.79 Å². The van der Waals surface area contributed by atoms with E-state index in [1.165, 1.54) is 6.07 Å². The summed E-state index contributed by atoms with van der Waals surface area (Å²) in [6.45, 7) is 7.56. The minimum atomic E-state index is -0.335. The monoisotopic (exact) mass is 414 g/mol. The number of carbonyl (C=O) groups excluding carboxylic acids is 1. The van der Waals surface area contributed by atoms with Crippen molar-refractivity contribution in [1.82, 2.24) is 4.90 Å². The Balaban J connectivity index is 1.99. The molecule has 4 nitrogen and oxygen atoms in total. The molecule has 0 heterocycles. The van der Waals surface area contributed by atoms with Gasteiger partial charge in [-0.1, -0.05) is 48.7 Å². The molecule has 140 valence electrons. The number of likely N-dealkylation sites (N-methyl/N-ethyl adjacent to an activating group) is 1. The van der Waals surface area contributed by atoms with Crippen LogP contribution in [0.15, 0.2) is 36.4 Å². The second-order valence-corrected chi connectivity index (χ2v) is 6.85. The largest absolute Gasteiger partial charge is 0.491 e. The molecule has 1 amide bonds. The third kappa shape index (κ3) is 5.78. The molecule has 0 unspecified atom stereocenters. The average Bonchev–Trinajstić information content (AvgIpc) is 2.60. The van der Waals surface area contributed by atoms with Gasteiger partial charge in [0.05, 0.1) is 15.6 Å². The summed E-state index contributed by atoms with van der Waals surface area (Å²) < 4.78 is 5.73. The first kappa shape index (κ1) is 20.8. The van der Waals surface area contributed by atoms with E-state index in [1.54, 1.807) is 30.3 Å². The van der Waals surface area contributed by atoms with Gasteiger partial charge in [-0.25, -0.2) is 0 Å². The van der Waals surface area contributed by atoms with Crippen LogP contribution in [0.2, 0.25) is 15.1 Å². The maximum atomic E-state index is 12.3. The number of hydrogen-bond acceptors (Lipinski definition) is 3. The summed E-state index contributed by atoms with van der Waals surface area (Å²) in [7, 11) is 0. The molecule has 0 aliphatic rings. The van der Waals surface area contributed by atoms with Gasteiger partial charge in [0.25, 0.3) is 5.91 Å². The Morgan fingerprint density at radius 3 is 2.38 bits per heavy atom. The van der Waals surface area contributed by atoms with Crippen LogP contribution in [0.5, 0.6) is 5.75 Å². The van der Waals surface area contributed by atoms with Crippen molar-refractivity contribution >= 4 is 46.4 Å². The number of hydrogen-bond donors (Lipinski definition) is 1. The summed E-state index contributed by atoms with van der Waals surface area (Å²) in [6.07, 6.45) is 0. The number of nitrogens with one attached hydrogen (secondary N) is 1. The van der Waals surface area contributed by atoms with E-state index in [4.69, 9.17) is 39.5 Å². The maximum Gasteiger partial charge on any atom is 0.257 e. The fourth-order valence-electron chi connectivity index (χ4n) is 2.39. The smallest absolute Gasteiger partial charge is 0.257 e. The van der Waals surface area contributed by atoms with Crippen LogP contribution in [0.4, 0.5) is 5.69 Å². The quantitative estimate of drug-likeness (QED) is 0.608. The molecular weight excluding hydrogens is 395 g/mol. The van der Waals surface area contributed by atoms with Gasteiger partial charge < -0.3 is 15.0 Å². The molecule has 2 aromatic rings. The number of benzene rings is 2. The lowest BCUT2D eigenvalue weighted by atomic mass is 10.2. The Hall–Kier alpha value is -1.46. The second-order valence-electron chi connectivity index (χ2n) is 5.60. The highest BCUT2D eigenvalue weighted by molar-refractivity contribution is 6.37. The summed E-state index contributed by atoms with van der Waals surface area (Å²) in [5.41, 5.74) is 0.897. The fraction of sp³-hybridized carbons (Fsp3) is 0.316. The standard InChI is InChI=1S/C19H21Cl3N2O2/c1-3-24(4-2)9-10-26-18-8-6-14(12-17(18)22)23-19(25)15-7-5-13(20)11-16(15)21/h5-8,11-12H,3-4,9-10H2,1-2H3,(H,23,25). The van der Waals surface area contributed by atoms with Crippen LogP contribution in [0.3, 0.4) is 0 Å². The molecule has 7 heteroatoms. The number of ether oxygens (including phenoxy) is 1. The lowest BCUT2D eigenvalue weighted by molar-refractivity contribution is 0.102. The minimum Gasteiger partial charge on any atom is -0.491 e. The van der Waals surface area contributed by atoms with Crippen molar-refractivity contribution in [1.29, 1.82) is 0 Å². The van der Waals surface area contributed by atoms with Crippen LogP contribution in [-0.4, -0.2) is 37.0 Å². The third-order valence-electron chi connectivity index (χ3n) is 3.93. The van der Waals surface area contributed by atoms with Crippen LogP contribution >= 0.6 is 34.8 Å². The summed E-state index contributed by atoms with van der Waals surface area (Å²) in [5.74, 6) is 0.249. The van der Waals surface area contributed by atoms with Crippen LogP contribution in [0, 0.1) is 0 Å². The van der Waals surface area contributed by atoms with Crippen LogP contribution < -0.4 is 10.1 Å². The normalized spacial score (nSPS) is 10.8. The van der Waals surface area contributed by atoms with Crippen molar-refractivity contribution in [3.05, 3.63) is 57.0 Å². The SMILES string of the molecule is CCN(CC)CCOc1ccc(NC(=O)c2ccc(Cl)cc2Cl)cc1Cl. The van der Waals surface area contributed by atoms with Crippen molar-refractivity contribution in [3.63, 3.8) is 0 Å². The van der Waals surface area contributed by atoms with Crippen molar-refractivity contribution in [2.45, 2.75) is 13.8 Å². The zero-order valence-electron chi connectivity index (χ0n) is 14.7. The van der Waals surface area contributed by atoms with Gasteiger partial charge in [-0.05, 0) is 49.5 Å². The fourth-order valence-corrected chi connectivity index (χ4v) is 3.12. The molecule has 2 aromatic carbocycles. The van der Waals surface area contributed by atoms with Crippen molar-refractivity contribution in [3.8, 4) is 5.75 Å². The molecule has 0 atom stereocenters. The Morgan fingerprint density at radius 1 is 1.04 bits per heavy atom. The Kier molecular flexibility index (Phi) is 8.04. The van der Waals surface area contributed by atoms with Crippen molar-refractivity contribution in [2.24, 2.45) is 0 Å². The van der Waals surface area contributed by atoms with E-state index in [0.717, 1.165) is 19.6 Å². The molecule has 0 bridgehead atoms. The first-order chi connectivity index (χ1) is 12.4. The molecule has 26 heavy (non-hydrogen) atoms. The molecule has 0 aliphatic carbocycles. The van der Waals surface area contributed by atoms with E-state index in [1.807, 2.05) is 0 Å². The number of carbonyl (C=O) groups is 1. The number of nitrogens with zero attached hydrogens (tertiary/aromatic N) is 1. The zero-order valence-corrected chi connectivity index (χ0v) is 17.0. The van der Waals surface area contributed by atoms with Gasteiger partial charge >= 0.3 is 0 Å². The molecule has 0 aliphatic heterocycles. The van der Waals surface area contributed by atoms with Gasteiger partial charge in [0.15, 0.2) is 0 Å². The molecule has 0 fully saturated rings.